The molecule has 0 unspecified atom stereocenters. The molecule has 0 aliphatic heterocycles. The van der Waals surface area contributed by atoms with Gasteiger partial charge in [0.15, 0.2) is 5.82 Å². The summed E-state index contributed by atoms with van der Waals surface area (Å²) < 4.78 is 0.695. The molecule has 1 heterocycles. The van der Waals surface area contributed by atoms with E-state index in [1.54, 1.807) is 12.1 Å². The lowest BCUT2D eigenvalue weighted by Gasteiger charge is -2.07. The van der Waals surface area contributed by atoms with Crippen LogP contribution in [0.15, 0.2) is 28.7 Å². The molecule has 0 aliphatic carbocycles. The molecule has 7 heteroatoms. The van der Waals surface area contributed by atoms with Crippen molar-refractivity contribution in [3.63, 3.8) is 0 Å². The highest BCUT2D eigenvalue weighted by atomic mass is 79.9. The van der Waals surface area contributed by atoms with Gasteiger partial charge in [-0.25, -0.2) is 9.97 Å². The Kier molecular flexibility index (Phi) is 3.75. The van der Waals surface area contributed by atoms with Crippen LogP contribution in [0.25, 0.3) is 11.4 Å². The maximum absolute atomic E-state index is 10.6. The number of aryl methyl sites for hydroxylation is 1. The average Bonchev–Trinajstić information content (AvgIpc) is 2.41. The third kappa shape index (κ3) is 2.70. The molecule has 0 atom stereocenters. The zero-order chi connectivity index (χ0) is 14.0. The van der Waals surface area contributed by atoms with Crippen molar-refractivity contribution in [1.29, 1.82) is 0 Å². The van der Waals surface area contributed by atoms with Crippen molar-refractivity contribution in [2.45, 2.75) is 13.3 Å². The van der Waals surface area contributed by atoms with Gasteiger partial charge in [-0.3, -0.25) is 10.1 Å². The van der Waals surface area contributed by atoms with Gasteiger partial charge in [0.1, 0.15) is 5.82 Å². The third-order valence-electron chi connectivity index (χ3n) is 2.62. The van der Waals surface area contributed by atoms with E-state index >= 15 is 0 Å². The van der Waals surface area contributed by atoms with Crippen LogP contribution < -0.4 is 5.73 Å². The van der Waals surface area contributed by atoms with E-state index in [-0.39, 0.29) is 5.69 Å². The molecule has 0 spiro atoms. The molecule has 0 saturated heterocycles. The summed E-state index contributed by atoms with van der Waals surface area (Å²) in [7, 11) is 0. The number of rotatable bonds is 3. The normalized spacial score (nSPS) is 10.4. The molecule has 1 aromatic carbocycles. The Hall–Kier alpha value is -2.02. The molecule has 0 amide bonds. The monoisotopic (exact) mass is 322 g/mol. The number of non-ortho nitro benzene ring substituents is 1. The van der Waals surface area contributed by atoms with Gasteiger partial charge in [-0.15, -0.1) is 0 Å². The Morgan fingerprint density at radius 2 is 1.95 bits per heavy atom. The van der Waals surface area contributed by atoms with E-state index in [2.05, 4.69) is 25.9 Å². The smallest absolute Gasteiger partial charge is 0.269 e. The summed E-state index contributed by atoms with van der Waals surface area (Å²) in [6.07, 6.45) is 0.716. The van der Waals surface area contributed by atoms with Gasteiger partial charge >= 0.3 is 0 Å². The van der Waals surface area contributed by atoms with Crippen LogP contribution in [0.3, 0.4) is 0 Å². The molecule has 19 heavy (non-hydrogen) atoms. The number of hydrogen-bond acceptors (Lipinski definition) is 5. The Bertz CT molecular complexity index is 628. The van der Waals surface area contributed by atoms with Gasteiger partial charge in [0.05, 0.1) is 15.1 Å². The first-order valence-electron chi connectivity index (χ1n) is 5.59. The number of hydrogen-bond donors (Lipinski definition) is 1. The van der Waals surface area contributed by atoms with E-state index in [0.717, 1.165) is 5.69 Å². The lowest BCUT2D eigenvalue weighted by molar-refractivity contribution is -0.384. The van der Waals surface area contributed by atoms with Crippen molar-refractivity contribution in [2.24, 2.45) is 0 Å². The largest absolute Gasteiger partial charge is 0.383 e. The number of benzene rings is 1. The zero-order valence-corrected chi connectivity index (χ0v) is 11.7. The van der Waals surface area contributed by atoms with E-state index < -0.39 is 4.92 Å². The molecule has 2 N–H and O–H groups in total. The fourth-order valence-corrected chi connectivity index (χ4v) is 2.07. The molecule has 0 fully saturated rings. The molecule has 98 valence electrons. The first kappa shape index (κ1) is 13.4. The van der Waals surface area contributed by atoms with Crippen LogP contribution in [-0.4, -0.2) is 14.9 Å². The molecule has 6 nitrogen and oxygen atoms in total. The minimum atomic E-state index is -0.446. The summed E-state index contributed by atoms with van der Waals surface area (Å²) in [5, 5.41) is 10.6. The van der Waals surface area contributed by atoms with Crippen LogP contribution in [0, 0.1) is 10.1 Å². The highest BCUT2D eigenvalue weighted by Gasteiger charge is 2.11. The zero-order valence-electron chi connectivity index (χ0n) is 10.1. The summed E-state index contributed by atoms with van der Waals surface area (Å²) in [6.45, 7) is 1.96. The second kappa shape index (κ2) is 5.31. The van der Waals surface area contributed by atoms with E-state index in [0.29, 0.717) is 28.1 Å². The fraction of sp³-hybridized carbons (Fsp3) is 0.167. The van der Waals surface area contributed by atoms with E-state index in [9.17, 15) is 10.1 Å². The summed E-state index contributed by atoms with van der Waals surface area (Å²) in [5.74, 6) is 0.827. The highest BCUT2D eigenvalue weighted by molar-refractivity contribution is 9.10. The minimum absolute atomic E-state index is 0.0320. The first-order chi connectivity index (χ1) is 9.02. The molecule has 0 saturated carbocycles. The number of nitro groups is 1. The van der Waals surface area contributed by atoms with Gasteiger partial charge < -0.3 is 5.73 Å². The van der Waals surface area contributed by atoms with Crippen molar-refractivity contribution < 1.29 is 4.92 Å². The number of anilines is 1. The number of nitrogens with two attached hydrogens (primary N) is 1. The van der Waals surface area contributed by atoms with Crippen LogP contribution in [0.1, 0.15) is 12.6 Å². The lowest BCUT2D eigenvalue weighted by atomic mass is 10.2. The van der Waals surface area contributed by atoms with Gasteiger partial charge in [0, 0.05) is 17.7 Å². The summed E-state index contributed by atoms with van der Waals surface area (Å²) in [5.41, 5.74) is 7.34. The second-order valence-electron chi connectivity index (χ2n) is 3.85. The number of nitro benzene ring substituents is 1. The van der Waals surface area contributed by atoms with Gasteiger partial charge in [-0.05, 0) is 34.5 Å². The van der Waals surface area contributed by atoms with Crippen LogP contribution in [0.2, 0.25) is 0 Å². The van der Waals surface area contributed by atoms with Crippen molar-refractivity contribution in [3.05, 3.63) is 44.5 Å². The van der Waals surface area contributed by atoms with Crippen LogP contribution >= 0.6 is 15.9 Å². The Balaban J connectivity index is 2.47. The molecular weight excluding hydrogens is 312 g/mol. The fourth-order valence-electron chi connectivity index (χ4n) is 1.61. The number of halogens is 1. The van der Waals surface area contributed by atoms with Gasteiger partial charge in [-0.1, -0.05) is 6.92 Å². The maximum Gasteiger partial charge on any atom is 0.269 e. The molecule has 1 aromatic heterocycles. The summed E-state index contributed by atoms with van der Waals surface area (Å²) in [4.78, 5) is 18.7. The van der Waals surface area contributed by atoms with Crippen molar-refractivity contribution in [2.75, 3.05) is 5.73 Å². The molecule has 2 aromatic rings. The van der Waals surface area contributed by atoms with Crippen LogP contribution in [0.4, 0.5) is 11.5 Å². The standard InChI is InChI=1S/C12H11BrN4O2/c1-2-9-10(13)11(14)16-12(15-9)7-3-5-8(6-4-7)17(18)19/h3-6H,2H2,1H3,(H2,14,15,16). The molecule has 2 rings (SSSR count). The molecule has 0 bridgehead atoms. The Morgan fingerprint density at radius 3 is 2.47 bits per heavy atom. The van der Waals surface area contributed by atoms with Crippen LogP contribution in [0.5, 0.6) is 0 Å². The van der Waals surface area contributed by atoms with E-state index in [4.69, 9.17) is 5.73 Å². The SMILES string of the molecule is CCc1nc(-c2ccc([N+](=O)[O-])cc2)nc(N)c1Br. The van der Waals surface area contributed by atoms with Crippen molar-refractivity contribution in [3.8, 4) is 11.4 Å². The minimum Gasteiger partial charge on any atom is -0.383 e. The van der Waals surface area contributed by atoms with E-state index in [1.165, 1.54) is 12.1 Å². The summed E-state index contributed by atoms with van der Waals surface area (Å²) >= 11 is 3.34. The molecular formula is C12H11BrN4O2. The Labute approximate surface area is 118 Å². The van der Waals surface area contributed by atoms with Crippen molar-refractivity contribution >= 4 is 27.4 Å². The summed E-state index contributed by atoms with van der Waals surface area (Å²) in [6, 6.07) is 6.06. The first-order valence-corrected chi connectivity index (χ1v) is 6.39. The topological polar surface area (TPSA) is 94.9 Å². The third-order valence-corrected chi connectivity index (χ3v) is 3.48. The molecule has 0 aliphatic rings. The van der Waals surface area contributed by atoms with Gasteiger partial charge in [0.25, 0.3) is 5.69 Å². The molecule has 0 radical (unpaired) electrons. The lowest BCUT2D eigenvalue weighted by Crippen LogP contribution is -2.02. The predicted octanol–water partition coefficient (Wildman–Crippen LogP) is 2.96. The number of nitrogens with zero attached hydrogens (tertiary/aromatic N) is 3. The van der Waals surface area contributed by atoms with Crippen molar-refractivity contribution in [1.82, 2.24) is 9.97 Å². The highest BCUT2D eigenvalue weighted by Crippen LogP contribution is 2.26. The maximum atomic E-state index is 10.6. The second-order valence-corrected chi connectivity index (χ2v) is 4.64. The number of aromatic nitrogens is 2. The number of nitrogen functional groups attached to an aromatic ring is 1. The van der Waals surface area contributed by atoms with E-state index in [1.807, 2.05) is 6.92 Å². The predicted molar refractivity (Wildman–Crippen MR) is 75.6 cm³/mol. The Morgan fingerprint density at radius 1 is 1.32 bits per heavy atom. The van der Waals surface area contributed by atoms with Crippen LogP contribution in [-0.2, 0) is 6.42 Å². The average molecular weight is 323 g/mol. The van der Waals surface area contributed by atoms with Gasteiger partial charge in [-0.2, -0.15) is 0 Å². The quantitative estimate of drug-likeness (QED) is 0.692. The van der Waals surface area contributed by atoms with Gasteiger partial charge in [0.2, 0.25) is 0 Å².